The van der Waals surface area contributed by atoms with Crippen molar-refractivity contribution in [1.82, 2.24) is 0 Å². The molecule has 1 fully saturated rings. The van der Waals surface area contributed by atoms with E-state index in [4.69, 9.17) is 14.9 Å². The number of aromatic hydroxyl groups is 1. The highest BCUT2D eigenvalue weighted by molar-refractivity contribution is 5.80. The van der Waals surface area contributed by atoms with Gasteiger partial charge in [0.15, 0.2) is 0 Å². The number of ether oxygens (including phenoxy) is 1. The molecule has 2 aliphatic rings. The molecule has 1 aromatic rings. The highest BCUT2D eigenvalue weighted by atomic mass is 16.5. The van der Waals surface area contributed by atoms with Crippen molar-refractivity contribution >= 4 is 11.9 Å². The van der Waals surface area contributed by atoms with Gasteiger partial charge in [-0.3, -0.25) is 9.59 Å². The molecule has 1 aliphatic heterocycles. The largest absolute Gasteiger partial charge is 0.507 e. The summed E-state index contributed by atoms with van der Waals surface area (Å²) in [4.78, 5) is 21.2. The maximum absolute atomic E-state index is 10.6. The Morgan fingerprint density at radius 2 is 1.28 bits per heavy atom. The van der Waals surface area contributed by atoms with Crippen LogP contribution in [0, 0.1) is 50.4 Å². The number of rotatable bonds is 14. The number of aliphatic carboxylic acids is 2. The summed E-state index contributed by atoms with van der Waals surface area (Å²) in [6.07, 6.45) is 16.7. The van der Waals surface area contributed by atoms with Gasteiger partial charge in [-0.2, -0.15) is 0 Å². The number of benzene rings is 1. The lowest BCUT2D eigenvalue weighted by atomic mass is 9.79. The van der Waals surface area contributed by atoms with Crippen molar-refractivity contribution in [2.24, 2.45) is 29.6 Å². The van der Waals surface area contributed by atoms with Crippen LogP contribution in [0.4, 0.5) is 0 Å². The lowest BCUT2D eigenvalue weighted by Gasteiger charge is -2.38. The van der Waals surface area contributed by atoms with Crippen LogP contribution < -0.4 is 4.74 Å². The van der Waals surface area contributed by atoms with E-state index in [1.807, 2.05) is 13.8 Å². The predicted octanol–water partition coefficient (Wildman–Crippen LogP) is 9.80. The summed E-state index contributed by atoms with van der Waals surface area (Å²) in [7, 11) is 0. The first-order valence-corrected chi connectivity index (χ1v) is 17.1. The number of hydrogen-bond acceptors (Lipinski definition) is 4. The number of phenolic OH excluding ortho intramolecular Hbond substituents is 1. The summed E-state index contributed by atoms with van der Waals surface area (Å²) in [6.45, 7) is 17.9. The van der Waals surface area contributed by atoms with E-state index in [2.05, 4.69) is 41.5 Å². The van der Waals surface area contributed by atoms with Gasteiger partial charge < -0.3 is 20.1 Å². The highest BCUT2D eigenvalue weighted by Crippen LogP contribution is 2.44. The zero-order valence-electron chi connectivity index (χ0n) is 28.6. The number of hydrogen-bond donors (Lipinski definition) is 3. The first-order chi connectivity index (χ1) is 20.2. The molecule has 3 rings (SSSR count). The Kier molecular flexibility index (Phi) is 14.9. The van der Waals surface area contributed by atoms with Crippen molar-refractivity contribution in [2.75, 3.05) is 0 Å². The van der Waals surface area contributed by atoms with Crippen molar-refractivity contribution < 1.29 is 29.6 Å². The van der Waals surface area contributed by atoms with Gasteiger partial charge >= 0.3 is 11.9 Å². The molecule has 0 aromatic heterocycles. The minimum atomic E-state index is -0.970. The molecule has 6 nitrogen and oxygen atoms in total. The van der Waals surface area contributed by atoms with E-state index < -0.39 is 23.8 Å². The molecule has 3 N–H and O–H groups in total. The fourth-order valence-electron chi connectivity index (χ4n) is 7.00. The van der Waals surface area contributed by atoms with Gasteiger partial charge in [0.2, 0.25) is 0 Å². The Morgan fingerprint density at radius 1 is 0.791 bits per heavy atom. The van der Waals surface area contributed by atoms with Gasteiger partial charge in [-0.05, 0) is 101 Å². The standard InChI is InChI=1S/C29H50O2.C8H12O4/c1-20(2)12-9-13-21(3)14-10-15-22(4)16-11-18-29(8)19-17-26-25(7)27(30)23(5)24(6)28(26)31-29;9-7(10)5-3-1-2-4-6(5)8(11)12/h20-22,30H,9-19H2,1-8H3;5-6H,1-4H2,(H,9,10)(H,11,12)/t21-,22-,29-;/m1./s1. The second-order valence-electron chi connectivity index (χ2n) is 14.6. The Hall–Kier alpha value is -2.24. The Balaban J connectivity index is 0.000000448. The molecule has 43 heavy (non-hydrogen) atoms. The molecule has 6 heteroatoms. The lowest BCUT2D eigenvalue weighted by Crippen LogP contribution is -2.37. The molecule has 5 atom stereocenters. The van der Waals surface area contributed by atoms with E-state index in [1.54, 1.807) is 0 Å². The van der Waals surface area contributed by atoms with Crippen LogP contribution in [-0.2, 0) is 16.0 Å². The van der Waals surface area contributed by atoms with E-state index in [0.717, 1.165) is 72.3 Å². The van der Waals surface area contributed by atoms with E-state index in [0.29, 0.717) is 18.6 Å². The summed E-state index contributed by atoms with van der Waals surface area (Å²) >= 11 is 0. The predicted molar refractivity (Wildman–Crippen MR) is 175 cm³/mol. The normalized spacial score (nSPS) is 23.0. The lowest BCUT2D eigenvalue weighted by molar-refractivity contribution is -0.155. The second kappa shape index (κ2) is 17.3. The molecule has 0 spiro atoms. The molecule has 0 saturated heterocycles. The summed E-state index contributed by atoms with van der Waals surface area (Å²) in [5.41, 5.74) is 4.23. The highest BCUT2D eigenvalue weighted by Gasteiger charge is 2.36. The molecule has 1 aliphatic carbocycles. The van der Waals surface area contributed by atoms with E-state index in [-0.39, 0.29) is 5.60 Å². The maximum atomic E-state index is 10.6. The van der Waals surface area contributed by atoms with Crippen LogP contribution in [0.2, 0.25) is 0 Å². The van der Waals surface area contributed by atoms with Gasteiger partial charge in [0.05, 0.1) is 11.8 Å². The van der Waals surface area contributed by atoms with Gasteiger partial charge in [0, 0.05) is 5.56 Å². The molecule has 1 aromatic carbocycles. The summed E-state index contributed by atoms with van der Waals surface area (Å²) in [6, 6.07) is 0. The number of carboxylic acids is 2. The fourth-order valence-corrected chi connectivity index (χ4v) is 7.00. The van der Waals surface area contributed by atoms with Crippen molar-refractivity contribution in [1.29, 1.82) is 0 Å². The van der Waals surface area contributed by atoms with Crippen LogP contribution >= 0.6 is 0 Å². The van der Waals surface area contributed by atoms with Crippen molar-refractivity contribution in [3.05, 3.63) is 22.3 Å². The van der Waals surface area contributed by atoms with E-state index in [9.17, 15) is 14.7 Å². The van der Waals surface area contributed by atoms with Crippen molar-refractivity contribution in [2.45, 2.75) is 157 Å². The van der Waals surface area contributed by atoms with Crippen LogP contribution in [-0.4, -0.2) is 32.9 Å². The SMILES string of the molecule is Cc1c(C)c2c(c(C)c1O)CC[C@@](C)(CCC[C@H](C)CCC[C@H](C)CCCC(C)C)O2.O=C(O)C1CCCCC1C(=O)O. The molecule has 0 radical (unpaired) electrons. The first kappa shape index (κ1) is 36.9. The Labute approximate surface area is 262 Å². The van der Waals surface area contributed by atoms with Gasteiger partial charge in [0.25, 0.3) is 0 Å². The Bertz CT molecular complexity index is 1020. The van der Waals surface area contributed by atoms with Gasteiger partial charge in [-0.15, -0.1) is 0 Å². The van der Waals surface area contributed by atoms with Gasteiger partial charge in [-0.25, -0.2) is 0 Å². The molecule has 1 heterocycles. The van der Waals surface area contributed by atoms with Crippen molar-refractivity contribution in [3.8, 4) is 11.5 Å². The second-order valence-corrected chi connectivity index (χ2v) is 14.6. The quantitative estimate of drug-likeness (QED) is 0.196. The topological polar surface area (TPSA) is 104 Å². The Morgan fingerprint density at radius 3 is 1.77 bits per heavy atom. The minimum absolute atomic E-state index is 0.0712. The van der Waals surface area contributed by atoms with Crippen molar-refractivity contribution in [3.63, 3.8) is 0 Å². The van der Waals surface area contributed by atoms with Gasteiger partial charge in [-0.1, -0.05) is 85.5 Å². The van der Waals surface area contributed by atoms with Crippen LogP contribution in [0.5, 0.6) is 11.5 Å². The average Bonchev–Trinajstić information content (AvgIpc) is 2.95. The molecular formula is C37H62O6. The molecule has 1 saturated carbocycles. The van der Waals surface area contributed by atoms with Crippen LogP contribution in [0.15, 0.2) is 0 Å². The molecule has 2 unspecified atom stereocenters. The molecule has 0 bridgehead atoms. The third-order valence-corrected chi connectivity index (χ3v) is 10.3. The third kappa shape index (κ3) is 11.3. The summed E-state index contributed by atoms with van der Waals surface area (Å²) in [5.74, 6) is 0.754. The average molecular weight is 603 g/mol. The van der Waals surface area contributed by atoms with Crippen LogP contribution in [0.3, 0.4) is 0 Å². The number of carboxylic acid groups (broad SMARTS) is 2. The number of carbonyl (C=O) groups is 2. The molecule has 0 amide bonds. The third-order valence-electron chi connectivity index (χ3n) is 10.3. The van der Waals surface area contributed by atoms with Gasteiger partial charge in [0.1, 0.15) is 17.1 Å². The summed E-state index contributed by atoms with van der Waals surface area (Å²) < 4.78 is 6.60. The maximum Gasteiger partial charge on any atom is 0.307 e. The fraction of sp³-hybridized carbons (Fsp3) is 0.784. The minimum Gasteiger partial charge on any atom is -0.507 e. The first-order valence-electron chi connectivity index (χ1n) is 17.1. The zero-order valence-corrected chi connectivity index (χ0v) is 28.6. The summed E-state index contributed by atoms with van der Waals surface area (Å²) in [5, 5.41) is 27.8. The number of fused-ring (bicyclic) bond motifs is 1. The smallest absolute Gasteiger partial charge is 0.307 e. The monoisotopic (exact) mass is 602 g/mol. The van der Waals surface area contributed by atoms with Crippen LogP contribution in [0.1, 0.15) is 147 Å². The van der Waals surface area contributed by atoms with E-state index >= 15 is 0 Å². The molecule has 246 valence electrons. The molecular weight excluding hydrogens is 540 g/mol. The van der Waals surface area contributed by atoms with E-state index in [1.165, 1.54) is 56.9 Å². The zero-order chi connectivity index (χ0) is 32.3. The number of phenols is 1. The van der Waals surface area contributed by atoms with Crippen LogP contribution in [0.25, 0.3) is 0 Å².